The maximum Gasteiger partial charge on any atom is 0.416 e. The van der Waals surface area contributed by atoms with E-state index in [1.54, 1.807) is 14.8 Å². The smallest absolute Gasteiger partial charge is 0.166 e. The van der Waals surface area contributed by atoms with Gasteiger partial charge < -0.3 is 0 Å². The molecule has 4 heteroatoms. The molecule has 0 aliphatic rings. The standard InChI is InChI=1S/C8H8BF3/c1-5-2-3-6(4-7(5)9)8(10,11)12/h2-4H,9H2,1H3. The van der Waals surface area contributed by atoms with Gasteiger partial charge in [0, 0.05) is 0 Å². The minimum Gasteiger partial charge on any atom is -0.166 e. The summed E-state index contributed by atoms with van der Waals surface area (Å²) in [5, 5.41) is 0. The summed E-state index contributed by atoms with van der Waals surface area (Å²) in [6, 6.07) is 3.75. The highest BCUT2D eigenvalue weighted by Gasteiger charge is 2.30. The monoisotopic (exact) mass is 172 g/mol. The van der Waals surface area contributed by atoms with Crippen LogP contribution in [0.25, 0.3) is 0 Å². The van der Waals surface area contributed by atoms with Crippen molar-refractivity contribution in [2.45, 2.75) is 13.1 Å². The summed E-state index contributed by atoms with van der Waals surface area (Å²) in [4.78, 5) is 0. The largest absolute Gasteiger partial charge is 0.416 e. The topological polar surface area (TPSA) is 0 Å². The van der Waals surface area contributed by atoms with Crippen LogP contribution in [0.1, 0.15) is 11.1 Å². The van der Waals surface area contributed by atoms with Gasteiger partial charge in [-0.25, -0.2) is 0 Å². The normalized spacial score (nSPS) is 11.7. The molecule has 0 aliphatic heterocycles. The van der Waals surface area contributed by atoms with Crippen molar-refractivity contribution < 1.29 is 13.2 Å². The molecule has 0 N–H and O–H groups in total. The molecule has 0 unspecified atom stereocenters. The molecule has 0 aromatic heterocycles. The van der Waals surface area contributed by atoms with Gasteiger partial charge in [-0.15, -0.1) is 0 Å². The van der Waals surface area contributed by atoms with E-state index in [9.17, 15) is 13.2 Å². The SMILES string of the molecule is Bc1cc(C(F)(F)F)ccc1C. The Morgan fingerprint density at radius 1 is 1.25 bits per heavy atom. The van der Waals surface area contributed by atoms with Gasteiger partial charge in [0.25, 0.3) is 0 Å². The Bertz CT molecular complexity index is 291. The third-order valence-electron chi connectivity index (χ3n) is 1.83. The Balaban J connectivity index is 3.14. The number of rotatable bonds is 0. The Kier molecular flexibility index (Phi) is 2.17. The molecule has 0 bridgehead atoms. The second-order valence-corrected chi connectivity index (χ2v) is 2.80. The molecule has 12 heavy (non-hydrogen) atoms. The summed E-state index contributed by atoms with van der Waals surface area (Å²) in [6.45, 7) is 1.79. The number of halogens is 3. The summed E-state index contributed by atoms with van der Waals surface area (Å²) < 4.78 is 36.3. The molecule has 1 aromatic rings. The molecule has 0 saturated heterocycles. The van der Waals surface area contributed by atoms with E-state index in [-0.39, 0.29) is 0 Å². The van der Waals surface area contributed by atoms with E-state index in [4.69, 9.17) is 0 Å². The molecule has 0 saturated carbocycles. The van der Waals surface area contributed by atoms with Crippen LogP contribution in [0.3, 0.4) is 0 Å². The van der Waals surface area contributed by atoms with Gasteiger partial charge >= 0.3 is 6.18 Å². The van der Waals surface area contributed by atoms with Gasteiger partial charge in [-0.05, 0) is 13.0 Å². The van der Waals surface area contributed by atoms with Crippen LogP contribution in [0.5, 0.6) is 0 Å². The fraction of sp³-hybridized carbons (Fsp3) is 0.250. The molecule has 1 rings (SSSR count). The van der Waals surface area contributed by atoms with Crippen LogP contribution in [-0.2, 0) is 6.18 Å². The van der Waals surface area contributed by atoms with Gasteiger partial charge in [0.15, 0.2) is 0 Å². The molecule has 64 valence electrons. The quantitative estimate of drug-likeness (QED) is 0.517. The van der Waals surface area contributed by atoms with Gasteiger partial charge in [0.1, 0.15) is 7.85 Å². The first-order valence-electron chi connectivity index (χ1n) is 3.55. The molecular weight excluding hydrogens is 164 g/mol. The summed E-state index contributed by atoms with van der Waals surface area (Å²) >= 11 is 0. The van der Waals surface area contributed by atoms with E-state index in [1.807, 2.05) is 0 Å². The Morgan fingerprint density at radius 2 is 1.83 bits per heavy atom. The summed E-state index contributed by atoms with van der Waals surface area (Å²) in [7, 11) is 1.67. The van der Waals surface area contributed by atoms with Crippen molar-refractivity contribution in [3.05, 3.63) is 29.3 Å². The fourth-order valence-corrected chi connectivity index (χ4v) is 0.918. The average molecular weight is 172 g/mol. The van der Waals surface area contributed by atoms with Crippen molar-refractivity contribution in [2.24, 2.45) is 0 Å². The zero-order chi connectivity index (χ0) is 9.35. The fourth-order valence-electron chi connectivity index (χ4n) is 0.918. The molecule has 0 amide bonds. The molecular formula is C8H8BF3. The molecule has 1 aromatic carbocycles. The highest BCUT2D eigenvalue weighted by Crippen LogP contribution is 2.28. The van der Waals surface area contributed by atoms with E-state index < -0.39 is 11.7 Å². The Labute approximate surface area is 69.8 Å². The number of alkyl halides is 3. The van der Waals surface area contributed by atoms with Crippen molar-refractivity contribution in [3.8, 4) is 0 Å². The highest BCUT2D eigenvalue weighted by atomic mass is 19.4. The lowest BCUT2D eigenvalue weighted by atomic mass is 9.89. The zero-order valence-electron chi connectivity index (χ0n) is 6.87. The molecule has 0 fully saturated rings. The van der Waals surface area contributed by atoms with Crippen LogP contribution in [-0.4, -0.2) is 7.85 Å². The summed E-state index contributed by atoms with van der Waals surface area (Å²) in [5.41, 5.74) is 0.971. The number of hydrogen-bond donors (Lipinski definition) is 0. The van der Waals surface area contributed by atoms with Crippen molar-refractivity contribution in [2.75, 3.05) is 0 Å². The minimum absolute atomic E-state index is 0.578. The van der Waals surface area contributed by atoms with Crippen LogP contribution in [0.2, 0.25) is 0 Å². The van der Waals surface area contributed by atoms with E-state index in [1.165, 1.54) is 6.07 Å². The third kappa shape index (κ3) is 1.81. The minimum atomic E-state index is -4.22. The van der Waals surface area contributed by atoms with E-state index in [0.29, 0.717) is 5.46 Å². The van der Waals surface area contributed by atoms with Crippen molar-refractivity contribution in [1.29, 1.82) is 0 Å². The number of hydrogen-bond acceptors (Lipinski definition) is 0. The van der Waals surface area contributed by atoms with Crippen LogP contribution in [0.4, 0.5) is 13.2 Å². The van der Waals surface area contributed by atoms with Crippen molar-refractivity contribution in [3.63, 3.8) is 0 Å². The van der Waals surface area contributed by atoms with Crippen LogP contribution >= 0.6 is 0 Å². The molecule has 0 atom stereocenters. The number of benzene rings is 1. The molecule has 0 heterocycles. The summed E-state index contributed by atoms with van der Waals surface area (Å²) in [6.07, 6.45) is -4.22. The van der Waals surface area contributed by atoms with Crippen molar-refractivity contribution in [1.82, 2.24) is 0 Å². The van der Waals surface area contributed by atoms with Gasteiger partial charge in [0.05, 0.1) is 5.56 Å². The lowest BCUT2D eigenvalue weighted by molar-refractivity contribution is -0.137. The zero-order valence-corrected chi connectivity index (χ0v) is 6.87. The van der Waals surface area contributed by atoms with E-state index >= 15 is 0 Å². The maximum absolute atomic E-state index is 12.1. The summed E-state index contributed by atoms with van der Waals surface area (Å²) in [5.74, 6) is 0. The van der Waals surface area contributed by atoms with Gasteiger partial charge in [-0.2, -0.15) is 13.2 Å². The highest BCUT2D eigenvalue weighted by molar-refractivity contribution is 6.33. The first kappa shape index (κ1) is 9.17. The molecule has 0 aliphatic carbocycles. The van der Waals surface area contributed by atoms with Crippen molar-refractivity contribution >= 4 is 13.3 Å². The van der Waals surface area contributed by atoms with Crippen LogP contribution in [0, 0.1) is 6.92 Å². The maximum atomic E-state index is 12.1. The molecule has 0 spiro atoms. The lowest BCUT2D eigenvalue weighted by Crippen LogP contribution is -2.13. The predicted molar refractivity (Wildman–Crippen MR) is 44.4 cm³/mol. The second-order valence-electron chi connectivity index (χ2n) is 2.80. The average Bonchev–Trinajstić information content (AvgIpc) is 1.92. The predicted octanol–water partition coefficient (Wildman–Crippen LogP) is 1.27. The Morgan fingerprint density at radius 3 is 2.25 bits per heavy atom. The van der Waals surface area contributed by atoms with Gasteiger partial charge in [-0.1, -0.05) is 23.2 Å². The van der Waals surface area contributed by atoms with Gasteiger partial charge in [0.2, 0.25) is 0 Å². The van der Waals surface area contributed by atoms with E-state index in [2.05, 4.69) is 0 Å². The second kappa shape index (κ2) is 2.85. The van der Waals surface area contributed by atoms with Crippen LogP contribution in [0.15, 0.2) is 18.2 Å². The molecule has 0 nitrogen and oxygen atoms in total. The number of aryl methyl sites for hydroxylation is 1. The van der Waals surface area contributed by atoms with Gasteiger partial charge in [-0.3, -0.25) is 0 Å². The molecule has 0 radical (unpaired) electrons. The first-order chi connectivity index (χ1) is 5.41. The Hall–Kier alpha value is -0.925. The van der Waals surface area contributed by atoms with E-state index in [0.717, 1.165) is 17.7 Å². The first-order valence-corrected chi connectivity index (χ1v) is 3.55. The third-order valence-corrected chi connectivity index (χ3v) is 1.83. The lowest BCUT2D eigenvalue weighted by Gasteiger charge is -2.08. The van der Waals surface area contributed by atoms with Crippen LogP contribution < -0.4 is 5.46 Å².